The molecule has 4 rings (SSSR count). The number of hydrogen-bond acceptors (Lipinski definition) is 4. The van der Waals surface area contributed by atoms with E-state index in [9.17, 15) is 27.9 Å². The van der Waals surface area contributed by atoms with Gasteiger partial charge in [0.1, 0.15) is 5.75 Å². The molecule has 0 fully saturated rings. The van der Waals surface area contributed by atoms with Crippen LogP contribution in [0.5, 0.6) is 5.75 Å². The van der Waals surface area contributed by atoms with Crippen LogP contribution in [-0.4, -0.2) is 16.9 Å². The summed E-state index contributed by atoms with van der Waals surface area (Å²) in [5, 5.41) is 14.9. The Labute approximate surface area is 230 Å². The highest BCUT2D eigenvalue weighted by atomic mass is 19.4. The molecule has 0 radical (unpaired) electrons. The molecule has 0 bridgehead atoms. The van der Waals surface area contributed by atoms with E-state index >= 15 is 0 Å². The number of amides is 2. The summed E-state index contributed by atoms with van der Waals surface area (Å²) in [7, 11) is 0. The Bertz CT molecular complexity index is 1420. The van der Waals surface area contributed by atoms with Crippen molar-refractivity contribution in [3.8, 4) is 5.75 Å². The fourth-order valence-electron chi connectivity index (χ4n) is 3.59. The molecule has 40 heavy (non-hydrogen) atoms. The lowest BCUT2D eigenvalue weighted by Gasteiger charge is -2.09. The van der Waals surface area contributed by atoms with Crippen molar-refractivity contribution in [1.29, 1.82) is 0 Å². The van der Waals surface area contributed by atoms with E-state index in [1.807, 2.05) is 24.3 Å². The summed E-state index contributed by atoms with van der Waals surface area (Å²) in [6.45, 7) is 2.16. The lowest BCUT2D eigenvalue weighted by atomic mass is 10.1. The predicted molar refractivity (Wildman–Crippen MR) is 151 cm³/mol. The third-order valence-electron chi connectivity index (χ3n) is 5.87. The van der Waals surface area contributed by atoms with E-state index in [2.05, 4.69) is 17.6 Å². The molecule has 6 nitrogen and oxygen atoms in total. The van der Waals surface area contributed by atoms with Crippen LogP contribution in [0.1, 0.15) is 51.6 Å². The third-order valence-corrected chi connectivity index (χ3v) is 5.87. The van der Waals surface area contributed by atoms with Gasteiger partial charge in [0, 0.05) is 11.1 Å². The van der Waals surface area contributed by atoms with Crippen molar-refractivity contribution >= 4 is 28.9 Å². The summed E-state index contributed by atoms with van der Waals surface area (Å²) in [5.74, 6) is -0.661. The highest BCUT2D eigenvalue weighted by molar-refractivity contribution is 6.06. The summed E-state index contributed by atoms with van der Waals surface area (Å²) in [6.07, 6.45) is -1.06. The van der Waals surface area contributed by atoms with Gasteiger partial charge in [-0.15, -0.1) is 0 Å². The summed E-state index contributed by atoms with van der Waals surface area (Å²) >= 11 is 0. The van der Waals surface area contributed by atoms with Gasteiger partial charge in [0.15, 0.2) is 0 Å². The van der Waals surface area contributed by atoms with E-state index in [1.165, 1.54) is 5.56 Å². The third kappa shape index (κ3) is 8.62. The van der Waals surface area contributed by atoms with Crippen LogP contribution in [0, 0.1) is 0 Å². The van der Waals surface area contributed by atoms with Gasteiger partial charge in [0.05, 0.1) is 22.6 Å². The van der Waals surface area contributed by atoms with Crippen LogP contribution in [0.3, 0.4) is 0 Å². The van der Waals surface area contributed by atoms with Crippen LogP contribution >= 0.6 is 0 Å². The Morgan fingerprint density at radius 3 is 1.77 bits per heavy atom. The fourth-order valence-corrected chi connectivity index (χ4v) is 3.59. The van der Waals surface area contributed by atoms with Gasteiger partial charge in [0.25, 0.3) is 11.8 Å². The number of benzene rings is 4. The van der Waals surface area contributed by atoms with Crippen molar-refractivity contribution in [2.24, 2.45) is 0 Å². The first-order chi connectivity index (χ1) is 19.1. The number of aryl methyl sites for hydroxylation is 1. The van der Waals surface area contributed by atoms with Crippen molar-refractivity contribution in [3.05, 3.63) is 119 Å². The van der Waals surface area contributed by atoms with E-state index in [-0.39, 0.29) is 17.2 Å². The number of alkyl halides is 3. The molecule has 0 aliphatic heterocycles. The van der Waals surface area contributed by atoms with Gasteiger partial charge >= 0.3 is 6.18 Å². The first-order valence-electron chi connectivity index (χ1n) is 12.6. The molecule has 9 heteroatoms. The van der Waals surface area contributed by atoms with Crippen molar-refractivity contribution in [1.82, 2.24) is 0 Å². The molecule has 0 saturated carbocycles. The smallest absolute Gasteiger partial charge is 0.416 e. The van der Waals surface area contributed by atoms with Crippen LogP contribution in [0.15, 0.2) is 97.1 Å². The Balaban J connectivity index is 0.000000220. The highest BCUT2D eigenvalue weighted by Gasteiger charge is 2.30. The fraction of sp³-hybridized carbons (Fsp3) is 0.161. The number of nitrogens with one attached hydrogen (secondary N) is 2. The van der Waals surface area contributed by atoms with E-state index in [0.29, 0.717) is 22.6 Å². The normalized spacial score (nSPS) is 10.7. The zero-order valence-electron chi connectivity index (χ0n) is 21.8. The number of hydrogen-bond donors (Lipinski definition) is 4. The Morgan fingerprint density at radius 1 is 0.750 bits per heavy atom. The molecule has 5 N–H and O–H groups in total. The molecule has 0 aromatic heterocycles. The number of nitrogen functional groups attached to an aromatic ring is 1. The van der Waals surface area contributed by atoms with Crippen LogP contribution in [-0.2, 0) is 12.6 Å². The number of carbonyl (C=O) groups excluding carboxylic acids is 2. The molecule has 2 amide bonds. The van der Waals surface area contributed by atoms with Gasteiger partial charge in [-0.3, -0.25) is 9.59 Å². The first-order valence-corrected chi connectivity index (χ1v) is 12.6. The second-order valence-electron chi connectivity index (χ2n) is 8.89. The minimum absolute atomic E-state index is 0.0698. The quantitative estimate of drug-likeness (QED) is 0.141. The average molecular weight is 550 g/mol. The van der Waals surface area contributed by atoms with Crippen LogP contribution < -0.4 is 16.4 Å². The molecule has 0 unspecified atom stereocenters. The zero-order valence-corrected chi connectivity index (χ0v) is 21.8. The summed E-state index contributed by atoms with van der Waals surface area (Å²) < 4.78 is 37.2. The van der Waals surface area contributed by atoms with Gasteiger partial charge in [-0.2, -0.15) is 13.2 Å². The number of aromatic hydroxyl groups is 1. The maximum absolute atomic E-state index is 12.4. The number of carbonyl (C=O) groups is 2. The number of unbranched alkanes of at least 4 members (excludes halogenated alkanes) is 1. The van der Waals surface area contributed by atoms with Crippen LogP contribution in [0.25, 0.3) is 0 Å². The van der Waals surface area contributed by atoms with Crippen molar-refractivity contribution < 1.29 is 27.9 Å². The molecule has 4 aromatic rings. The Kier molecular flexibility index (Phi) is 10.3. The maximum Gasteiger partial charge on any atom is 0.416 e. The molecule has 208 valence electrons. The van der Waals surface area contributed by atoms with E-state index in [1.54, 1.807) is 48.5 Å². The van der Waals surface area contributed by atoms with E-state index < -0.39 is 17.6 Å². The summed E-state index contributed by atoms with van der Waals surface area (Å²) in [6, 6.07) is 24.9. The monoisotopic (exact) mass is 549 g/mol. The number of phenolic OH excluding ortho intramolecular Hbond substituents is 1. The number of halogens is 3. The van der Waals surface area contributed by atoms with Gasteiger partial charge in [-0.1, -0.05) is 49.7 Å². The van der Waals surface area contributed by atoms with Gasteiger partial charge < -0.3 is 21.5 Å². The van der Waals surface area contributed by atoms with E-state index in [4.69, 9.17) is 5.73 Å². The second kappa shape index (κ2) is 13.8. The lowest BCUT2D eigenvalue weighted by molar-refractivity contribution is -0.137. The first kappa shape index (κ1) is 29.8. The lowest BCUT2D eigenvalue weighted by Crippen LogP contribution is -2.13. The minimum Gasteiger partial charge on any atom is -0.506 e. The minimum atomic E-state index is -4.42. The predicted octanol–water partition coefficient (Wildman–Crippen LogP) is 7.53. The molecule has 0 heterocycles. The zero-order chi connectivity index (χ0) is 29.1. The molecule has 0 aliphatic carbocycles. The number of para-hydroxylation sites is 4. The topological polar surface area (TPSA) is 104 Å². The van der Waals surface area contributed by atoms with Crippen molar-refractivity contribution in [3.63, 3.8) is 0 Å². The molecule has 4 aromatic carbocycles. The van der Waals surface area contributed by atoms with Gasteiger partial charge in [-0.25, -0.2) is 0 Å². The number of phenols is 1. The Hall–Kier alpha value is -4.79. The number of nitrogens with two attached hydrogens (primary N) is 1. The van der Waals surface area contributed by atoms with Crippen LogP contribution in [0.2, 0.25) is 0 Å². The summed E-state index contributed by atoms with van der Waals surface area (Å²) in [5.41, 5.74) is 8.05. The second-order valence-corrected chi connectivity index (χ2v) is 8.89. The van der Waals surface area contributed by atoms with Crippen LogP contribution in [0.4, 0.5) is 30.2 Å². The molecule has 0 saturated heterocycles. The molecule has 0 aliphatic rings. The number of anilines is 3. The number of rotatable bonds is 7. The van der Waals surface area contributed by atoms with E-state index in [0.717, 1.165) is 43.5 Å². The van der Waals surface area contributed by atoms with Gasteiger partial charge in [0.2, 0.25) is 0 Å². The highest BCUT2D eigenvalue weighted by Crippen LogP contribution is 2.29. The Morgan fingerprint density at radius 2 is 1.25 bits per heavy atom. The SMILES string of the molecule is CCCCc1ccc(C(=O)Nc2ccccc2O)cc1.Nc1ccccc1NC(=O)c1ccc(C(F)(F)F)cc1. The summed E-state index contributed by atoms with van der Waals surface area (Å²) in [4.78, 5) is 23.9. The molecule has 0 spiro atoms. The van der Waals surface area contributed by atoms with Gasteiger partial charge in [-0.05, 0) is 79.1 Å². The molecular formula is C31H30F3N3O3. The molecule has 0 atom stereocenters. The van der Waals surface area contributed by atoms with Crippen molar-refractivity contribution in [2.45, 2.75) is 32.4 Å². The average Bonchev–Trinajstić information content (AvgIpc) is 2.94. The largest absolute Gasteiger partial charge is 0.506 e. The van der Waals surface area contributed by atoms with Crippen molar-refractivity contribution in [2.75, 3.05) is 16.4 Å². The molecular weight excluding hydrogens is 519 g/mol. The maximum atomic E-state index is 12.4. The standard InChI is InChI=1S/C17H19NO2.C14H11F3N2O/c1-2-3-6-13-9-11-14(12-10-13)17(20)18-15-7-4-5-8-16(15)19;15-14(16,17)10-7-5-9(6-8-10)13(20)19-12-4-2-1-3-11(12)18/h4-5,7-12,19H,2-3,6H2,1H3,(H,18,20);1-8H,18H2,(H,19,20).